The van der Waals surface area contributed by atoms with Crippen LogP contribution in [-0.2, 0) is 9.53 Å². The molecule has 1 amide bonds. The monoisotopic (exact) mass is 435 g/mol. The number of rotatable bonds is 5. The van der Waals surface area contributed by atoms with Gasteiger partial charge in [-0.15, -0.1) is 0 Å². The van der Waals surface area contributed by atoms with E-state index in [0.717, 1.165) is 49.9 Å². The lowest BCUT2D eigenvalue weighted by atomic mass is 9.88. The summed E-state index contributed by atoms with van der Waals surface area (Å²) < 4.78 is 11.0. The number of carboxylic acid groups (broad SMARTS) is 1. The number of methoxy groups -OCH3 is 1. The second-order valence-corrected chi connectivity index (χ2v) is 9.26. The van der Waals surface area contributed by atoms with Crippen LogP contribution in [0.25, 0.3) is 11.1 Å². The van der Waals surface area contributed by atoms with E-state index < -0.39 is 5.97 Å². The quantitative estimate of drug-likeness (QED) is 0.756. The van der Waals surface area contributed by atoms with E-state index in [-0.39, 0.29) is 17.6 Å². The largest absolute Gasteiger partial charge is 0.495 e. The number of nitrogens with zero attached hydrogens (tertiary/aromatic N) is 1. The van der Waals surface area contributed by atoms with Crippen molar-refractivity contribution in [3.8, 4) is 16.9 Å². The predicted molar refractivity (Wildman–Crippen MR) is 120 cm³/mol. The number of benzene rings is 2. The summed E-state index contributed by atoms with van der Waals surface area (Å²) in [6.45, 7) is 2.36. The second kappa shape index (κ2) is 8.24. The van der Waals surface area contributed by atoms with Crippen LogP contribution in [0.4, 0.5) is 0 Å². The third-order valence-electron chi connectivity index (χ3n) is 7.54. The highest BCUT2D eigenvalue weighted by Crippen LogP contribution is 2.65. The van der Waals surface area contributed by atoms with Crippen LogP contribution >= 0.6 is 0 Å². The molecule has 1 N–H and O–H groups in total. The SMILES string of the molecule is COc1c(C(=O)O)cccc1-c1ccc([C@@H]2CC23CCN(C(=O)[C@H]2CCCO2)CC3)cc1. The van der Waals surface area contributed by atoms with E-state index in [0.29, 0.717) is 23.7 Å². The number of para-hydroxylation sites is 1. The molecule has 0 aromatic heterocycles. The molecule has 2 aliphatic heterocycles. The summed E-state index contributed by atoms with van der Waals surface area (Å²) in [4.78, 5) is 26.1. The Balaban J connectivity index is 1.26. The summed E-state index contributed by atoms with van der Waals surface area (Å²) in [6, 6.07) is 13.6. The molecule has 2 atom stereocenters. The fraction of sp³-hybridized carbons (Fsp3) is 0.462. The molecule has 6 heteroatoms. The highest BCUT2D eigenvalue weighted by Gasteiger charge is 2.55. The second-order valence-electron chi connectivity index (χ2n) is 9.26. The van der Waals surface area contributed by atoms with Crippen LogP contribution in [-0.4, -0.2) is 54.8 Å². The van der Waals surface area contributed by atoms with E-state index in [9.17, 15) is 14.7 Å². The highest BCUT2D eigenvalue weighted by molar-refractivity contribution is 5.94. The Morgan fingerprint density at radius 1 is 1.12 bits per heavy atom. The van der Waals surface area contributed by atoms with Gasteiger partial charge in [-0.05, 0) is 60.6 Å². The molecule has 168 valence electrons. The minimum atomic E-state index is -0.996. The topological polar surface area (TPSA) is 76.1 Å². The number of carboxylic acids is 1. The van der Waals surface area contributed by atoms with Gasteiger partial charge in [0, 0.05) is 25.3 Å². The van der Waals surface area contributed by atoms with E-state index >= 15 is 0 Å². The summed E-state index contributed by atoms with van der Waals surface area (Å²) in [6.07, 6.45) is 4.89. The maximum atomic E-state index is 12.6. The van der Waals surface area contributed by atoms with Crippen molar-refractivity contribution >= 4 is 11.9 Å². The number of hydrogen-bond donors (Lipinski definition) is 1. The lowest BCUT2D eigenvalue weighted by Gasteiger charge is -2.34. The third kappa shape index (κ3) is 3.66. The molecule has 0 bridgehead atoms. The predicted octanol–water partition coefficient (Wildman–Crippen LogP) is 4.34. The molecule has 1 saturated carbocycles. The van der Waals surface area contributed by atoms with Gasteiger partial charge in [-0.1, -0.05) is 36.4 Å². The number of aromatic carboxylic acids is 1. The van der Waals surface area contributed by atoms with Crippen LogP contribution < -0.4 is 4.74 Å². The molecule has 32 heavy (non-hydrogen) atoms. The molecule has 0 unspecified atom stereocenters. The average Bonchev–Trinajstić information content (AvgIpc) is 3.24. The smallest absolute Gasteiger partial charge is 0.339 e. The number of amides is 1. The first kappa shape index (κ1) is 21.0. The summed E-state index contributed by atoms with van der Waals surface area (Å²) in [7, 11) is 1.50. The molecule has 2 heterocycles. The molecule has 1 aliphatic carbocycles. The molecule has 2 aromatic rings. The van der Waals surface area contributed by atoms with Gasteiger partial charge >= 0.3 is 5.97 Å². The van der Waals surface area contributed by atoms with E-state index in [2.05, 4.69) is 24.3 Å². The molecule has 6 nitrogen and oxygen atoms in total. The molecule has 5 rings (SSSR count). The molecular weight excluding hydrogens is 406 g/mol. The zero-order chi connectivity index (χ0) is 22.3. The fourth-order valence-corrected chi connectivity index (χ4v) is 5.57. The van der Waals surface area contributed by atoms with Crippen molar-refractivity contribution in [3.63, 3.8) is 0 Å². The van der Waals surface area contributed by atoms with Crippen molar-refractivity contribution < 1.29 is 24.2 Å². The molecule has 2 aromatic carbocycles. The van der Waals surface area contributed by atoms with Gasteiger partial charge < -0.3 is 19.5 Å². The Bertz CT molecular complexity index is 1020. The molecule has 1 spiro atoms. The van der Waals surface area contributed by atoms with Crippen molar-refractivity contribution in [1.29, 1.82) is 0 Å². The van der Waals surface area contributed by atoms with Crippen LogP contribution in [0, 0.1) is 5.41 Å². The van der Waals surface area contributed by atoms with Crippen molar-refractivity contribution in [2.75, 3.05) is 26.8 Å². The molecule has 3 aliphatic rings. The summed E-state index contributed by atoms with van der Waals surface area (Å²) >= 11 is 0. The lowest BCUT2D eigenvalue weighted by molar-refractivity contribution is -0.142. The average molecular weight is 436 g/mol. The molecule has 2 saturated heterocycles. The van der Waals surface area contributed by atoms with Gasteiger partial charge in [-0.3, -0.25) is 4.79 Å². The van der Waals surface area contributed by atoms with E-state index in [1.54, 1.807) is 12.1 Å². The molecular formula is C26H29NO5. The summed E-state index contributed by atoms with van der Waals surface area (Å²) in [5.41, 5.74) is 3.53. The van der Waals surface area contributed by atoms with E-state index in [1.807, 2.05) is 11.0 Å². The van der Waals surface area contributed by atoms with Crippen molar-refractivity contribution in [3.05, 3.63) is 53.6 Å². The molecule has 0 radical (unpaired) electrons. The normalized spacial score (nSPS) is 23.8. The Labute approximate surface area is 188 Å². The number of piperidine rings is 1. The maximum Gasteiger partial charge on any atom is 0.339 e. The van der Waals surface area contributed by atoms with Gasteiger partial charge in [0.25, 0.3) is 5.91 Å². The minimum absolute atomic E-state index is 0.166. The van der Waals surface area contributed by atoms with Gasteiger partial charge in [0.2, 0.25) is 0 Å². The Kier molecular flexibility index (Phi) is 5.41. The van der Waals surface area contributed by atoms with Gasteiger partial charge in [0.1, 0.15) is 17.4 Å². The Morgan fingerprint density at radius 2 is 1.88 bits per heavy atom. The Hall–Kier alpha value is -2.86. The van der Waals surface area contributed by atoms with Crippen molar-refractivity contribution in [2.45, 2.75) is 44.1 Å². The first-order valence-corrected chi connectivity index (χ1v) is 11.4. The standard InChI is InChI=1S/C26H29NO5/c1-31-23-19(4-2-5-20(23)25(29)30)17-7-9-18(10-8-17)21-16-26(21)11-13-27(14-12-26)24(28)22-6-3-15-32-22/h2,4-5,7-10,21-22H,3,6,11-16H2,1H3,(H,29,30)/t21-,22+/m0/s1. The highest BCUT2D eigenvalue weighted by atomic mass is 16.5. The first-order chi connectivity index (χ1) is 15.5. The summed E-state index contributed by atoms with van der Waals surface area (Å²) in [5.74, 6) is 0.101. The van der Waals surface area contributed by atoms with Crippen LogP contribution in [0.3, 0.4) is 0 Å². The van der Waals surface area contributed by atoms with Gasteiger partial charge in [-0.25, -0.2) is 4.79 Å². The third-order valence-corrected chi connectivity index (χ3v) is 7.54. The number of carbonyl (C=O) groups excluding carboxylic acids is 1. The van der Waals surface area contributed by atoms with Gasteiger partial charge in [0.15, 0.2) is 0 Å². The minimum Gasteiger partial charge on any atom is -0.495 e. The summed E-state index contributed by atoms with van der Waals surface area (Å²) in [5, 5.41) is 9.44. The van der Waals surface area contributed by atoms with E-state index in [1.165, 1.54) is 19.1 Å². The number of carbonyl (C=O) groups is 2. The maximum absolute atomic E-state index is 12.6. The lowest BCUT2D eigenvalue weighted by Crippen LogP contribution is -2.44. The van der Waals surface area contributed by atoms with Gasteiger partial charge in [-0.2, -0.15) is 0 Å². The van der Waals surface area contributed by atoms with Crippen LogP contribution in [0.1, 0.15) is 53.9 Å². The number of likely N-dealkylation sites (tertiary alicyclic amines) is 1. The first-order valence-electron chi connectivity index (χ1n) is 11.4. The zero-order valence-electron chi connectivity index (χ0n) is 18.4. The van der Waals surface area contributed by atoms with Crippen LogP contribution in [0.15, 0.2) is 42.5 Å². The van der Waals surface area contributed by atoms with Gasteiger partial charge in [0.05, 0.1) is 7.11 Å². The molecule has 3 fully saturated rings. The fourth-order valence-electron chi connectivity index (χ4n) is 5.57. The number of ether oxygens (including phenoxy) is 2. The Morgan fingerprint density at radius 3 is 2.50 bits per heavy atom. The van der Waals surface area contributed by atoms with Crippen molar-refractivity contribution in [1.82, 2.24) is 4.90 Å². The van der Waals surface area contributed by atoms with Crippen LogP contribution in [0.2, 0.25) is 0 Å². The number of hydrogen-bond acceptors (Lipinski definition) is 4. The van der Waals surface area contributed by atoms with E-state index in [4.69, 9.17) is 9.47 Å². The van der Waals surface area contributed by atoms with Crippen LogP contribution in [0.5, 0.6) is 5.75 Å². The zero-order valence-corrected chi connectivity index (χ0v) is 18.4. The van der Waals surface area contributed by atoms with Crippen molar-refractivity contribution in [2.24, 2.45) is 5.41 Å².